The van der Waals surface area contributed by atoms with Crippen molar-refractivity contribution < 1.29 is 54.6 Å². The van der Waals surface area contributed by atoms with Crippen molar-refractivity contribution in [3.63, 3.8) is 0 Å². The number of rotatable bonds is 7. The lowest BCUT2D eigenvalue weighted by Gasteiger charge is -2.10. The van der Waals surface area contributed by atoms with E-state index < -0.39 is 45.3 Å². The van der Waals surface area contributed by atoms with Gasteiger partial charge in [0.25, 0.3) is 0 Å². The van der Waals surface area contributed by atoms with Gasteiger partial charge in [0.2, 0.25) is 0 Å². The van der Waals surface area contributed by atoms with Crippen molar-refractivity contribution in [2.24, 2.45) is 0 Å². The molecule has 5 rings (SSSR count). The largest absolute Gasteiger partial charge is 0.478 e. The molecule has 2 aromatic heterocycles. The van der Waals surface area contributed by atoms with Gasteiger partial charge in [-0.05, 0) is 60.7 Å². The summed E-state index contributed by atoms with van der Waals surface area (Å²) in [6.07, 6.45) is -9.05. The van der Waals surface area contributed by atoms with Gasteiger partial charge in [0.1, 0.15) is 10.2 Å². The Morgan fingerprint density at radius 1 is 0.723 bits per heavy atom. The number of thioether (sulfide) groups is 1. The fourth-order valence-corrected chi connectivity index (χ4v) is 6.97. The smallest absolute Gasteiger partial charge is 0.416 e. The van der Waals surface area contributed by atoms with E-state index in [0.29, 0.717) is 0 Å². The third kappa shape index (κ3) is 8.69. The first-order valence-corrected chi connectivity index (χ1v) is 15.9. The molecule has 0 unspecified atom stereocenters. The van der Waals surface area contributed by atoms with E-state index in [1.165, 1.54) is 12.1 Å². The number of aromatic carboxylic acids is 2. The topological polar surface area (TPSA) is 135 Å². The van der Waals surface area contributed by atoms with Crippen LogP contribution in [0.2, 0.25) is 5.15 Å². The molecule has 47 heavy (non-hydrogen) atoms. The Balaban J connectivity index is 0.000000238. The molecule has 0 aliphatic rings. The first kappa shape index (κ1) is 35.4. The van der Waals surface area contributed by atoms with Crippen molar-refractivity contribution in [1.29, 1.82) is 0 Å². The minimum absolute atomic E-state index is 0.0383. The lowest BCUT2D eigenvalue weighted by molar-refractivity contribution is -0.138. The van der Waals surface area contributed by atoms with Crippen LogP contribution in [-0.4, -0.2) is 52.0 Å². The van der Waals surface area contributed by atoms with Crippen LogP contribution in [0.25, 0.3) is 21.8 Å². The van der Waals surface area contributed by atoms with Crippen LogP contribution in [0.15, 0.2) is 88.8 Å². The second-order valence-corrected chi connectivity index (χ2v) is 13.1. The standard InChI is InChI=1S/C19H14F3NO4S2.C11H5ClF3NO2/c20-19(21,22)13-6-7-16-12(10-13)11-15(18(24)25)17(23-16)28-8-9-29(26,27)14-4-2-1-3-5-14;12-9-7(10(17)18)4-5-3-6(11(13,14)15)1-2-8(5)16-9/h1-7,10-11H,8-9H2,(H,24,25);1-4H,(H,17,18). The van der Waals surface area contributed by atoms with E-state index in [1.54, 1.807) is 18.2 Å². The molecule has 0 spiro atoms. The van der Waals surface area contributed by atoms with Crippen LogP contribution in [0.5, 0.6) is 0 Å². The second kappa shape index (κ2) is 13.8. The van der Waals surface area contributed by atoms with Crippen molar-refractivity contribution in [2.45, 2.75) is 22.3 Å². The van der Waals surface area contributed by atoms with Crippen LogP contribution in [0.1, 0.15) is 31.8 Å². The van der Waals surface area contributed by atoms with Gasteiger partial charge in [-0.2, -0.15) is 26.3 Å². The normalized spacial score (nSPS) is 12.1. The maximum Gasteiger partial charge on any atom is 0.416 e. The molecule has 17 heteroatoms. The number of aromatic nitrogens is 2. The van der Waals surface area contributed by atoms with E-state index >= 15 is 0 Å². The maximum absolute atomic E-state index is 12.9. The number of carboxylic acid groups (broad SMARTS) is 2. The number of hydrogen-bond acceptors (Lipinski definition) is 7. The summed E-state index contributed by atoms with van der Waals surface area (Å²) in [4.78, 5) is 30.4. The van der Waals surface area contributed by atoms with Crippen molar-refractivity contribution in [3.05, 3.63) is 106 Å². The lowest BCUT2D eigenvalue weighted by atomic mass is 10.1. The zero-order valence-electron chi connectivity index (χ0n) is 23.3. The van der Waals surface area contributed by atoms with Crippen LogP contribution in [0.4, 0.5) is 26.3 Å². The monoisotopic (exact) mass is 716 g/mol. The number of alkyl halides is 6. The van der Waals surface area contributed by atoms with Gasteiger partial charge in [-0.3, -0.25) is 0 Å². The highest BCUT2D eigenvalue weighted by atomic mass is 35.5. The first-order chi connectivity index (χ1) is 21.9. The van der Waals surface area contributed by atoms with Crippen LogP contribution < -0.4 is 0 Å². The summed E-state index contributed by atoms with van der Waals surface area (Å²) in [6, 6.07) is 15.7. The third-order valence-corrected chi connectivity index (χ3v) is 9.63. The predicted molar refractivity (Wildman–Crippen MR) is 162 cm³/mol. The molecule has 0 saturated carbocycles. The number of sulfone groups is 1. The quantitative estimate of drug-likeness (QED) is 0.0973. The molecule has 0 aliphatic heterocycles. The first-order valence-electron chi connectivity index (χ1n) is 12.9. The predicted octanol–water partition coefficient (Wildman–Crippen LogP) is 8.12. The lowest BCUT2D eigenvalue weighted by Crippen LogP contribution is -2.10. The highest BCUT2D eigenvalue weighted by Gasteiger charge is 2.31. The number of fused-ring (bicyclic) bond motifs is 2. The molecule has 0 amide bonds. The molecule has 8 nitrogen and oxygen atoms in total. The Hall–Kier alpha value is -4.41. The molecule has 0 fully saturated rings. The van der Waals surface area contributed by atoms with Crippen LogP contribution >= 0.6 is 23.4 Å². The zero-order valence-corrected chi connectivity index (χ0v) is 25.7. The number of halogens is 7. The van der Waals surface area contributed by atoms with Crippen LogP contribution in [-0.2, 0) is 22.2 Å². The fraction of sp³-hybridized carbons (Fsp3) is 0.133. The Bertz CT molecular complexity index is 2090. The maximum atomic E-state index is 12.9. The Labute approximate surface area is 271 Å². The number of benzene rings is 3. The molecule has 2 heterocycles. The third-order valence-electron chi connectivity index (χ3n) is 6.36. The van der Waals surface area contributed by atoms with E-state index in [-0.39, 0.29) is 59.5 Å². The zero-order chi connectivity index (χ0) is 34.7. The summed E-state index contributed by atoms with van der Waals surface area (Å²) in [5.74, 6) is -2.90. The minimum Gasteiger partial charge on any atom is -0.478 e. The van der Waals surface area contributed by atoms with E-state index in [0.717, 1.165) is 60.3 Å². The molecule has 0 saturated heterocycles. The van der Waals surface area contributed by atoms with Gasteiger partial charge in [-0.25, -0.2) is 28.0 Å². The summed E-state index contributed by atoms with van der Waals surface area (Å²) in [6.45, 7) is 0. The van der Waals surface area contributed by atoms with Gasteiger partial charge in [0.05, 0.1) is 43.9 Å². The van der Waals surface area contributed by atoms with Gasteiger partial charge in [-0.1, -0.05) is 29.8 Å². The van der Waals surface area contributed by atoms with Crippen LogP contribution in [0.3, 0.4) is 0 Å². The minimum atomic E-state index is -4.56. The molecule has 246 valence electrons. The summed E-state index contributed by atoms with van der Waals surface area (Å²) in [5, 5.41) is 18.1. The van der Waals surface area contributed by atoms with Gasteiger partial charge in [0.15, 0.2) is 9.84 Å². The molecule has 0 radical (unpaired) electrons. The molecular weight excluding hydrogens is 698 g/mol. The molecular formula is C30H19ClF6N2O6S2. The number of carbonyl (C=O) groups is 2. The summed E-state index contributed by atoms with van der Waals surface area (Å²) >= 11 is 6.54. The molecule has 0 atom stereocenters. The Morgan fingerprint density at radius 2 is 1.21 bits per heavy atom. The van der Waals surface area contributed by atoms with Crippen molar-refractivity contribution in [1.82, 2.24) is 9.97 Å². The summed E-state index contributed by atoms with van der Waals surface area (Å²) in [5.41, 5.74) is -1.98. The number of carboxylic acids is 2. The average molecular weight is 717 g/mol. The Kier molecular flexibility index (Phi) is 10.4. The van der Waals surface area contributed by atoms with Crippen LogP contribution in [0, 0.1) is 0 Å². The molecule has 5 aromatic rings. The molecule has 3 aromatic carbocycles. The van der Waals surface area contributed by atoms with E-state index in [1.807, 2.05) is 0 Å². The Morgan fingerprint density at radius 3 is 1.70 bits per heavy atom. The van der Waals surface area contributed by atoms with E-state index in [4.69, 9.17) is 16.7 Å². The number of hydrogen-bond donors (Lipinski definition) is 2. The van der Waals surface area contributed by atoms with Crippen molar-refractivity contribution in [3.8, 4) is 0 Å². The molecule has 0 aliphatic carbocycles. The molecule has 2 N–H and O–H groups in total. The second-order valence-electron chi connectivity index (χ2n) is 9.57. The summed E-state index contributed by atoms with van der Waals surface area (Å²) < 4.78 is 101. The summed E-state index contributed by atoms with van der Waals surface area (Å²) in [7, 11) is -3.55. The van der Waals surface area contributed by atoms with Gasteiger partial charge in [-0.15, -0.1) is 11.8 Å². The SMILES string of the molecule is O=C(O)c1cc2cc(C(F)(F)F)ccc2nc1Cl.O=C(O)c1cc2cc(C(F)(F)F)ccc2nc1SCCS(=O)(=O)c1ccccc1. The average Bonchev–Trinajstić information content (AvgIpc) is 2.99. The van der Waals surface area contributed by atoms with Gasteiger partial charge in [0, 0.05) is 16.5 Å². The van der Waals surface area contributed by atoms with Crippen molar-refractivity contribution in [2.75, 3.05) is 11.5 Å². The van der Waals surface area contributed by atoms with Crippen molar-refractivity contribution >= 4 is 66.9 Å². The van der Waals surface area contributed by atoms with E-state index in [9.17, 15) is 49.5 Å². The highest BCUT2D eigenvalue weighted by Crippen LogP contribution is 2.34. The van der Waals surface area contributed by atoms with Gasteiger partial charge >= 0.3 is 24.3 Å². The molecule has 0 bridgehead atoms. The van der Waals surface area contributed by atoms with Gasteiger partial charge < -0.3 is 10.2 Å². The number of nitrogens with zero attached hydrogens (tertiary/aromatic N) is 2. The highest BCUT2D eigenvalue weighted by molar-refractivity contribution is 8.00. The van der Waals surface area contributed by atoms with E-state index in [2.05, 4.69) is 9.97 Å². The number of pyridine rings is 2. The fourth-order valence-electron chi connectivity index (χ4n) is 4.07.